The van der Waals surface area contributed by atoms with Gasteiger partial charge in [0, 0.05) is 25.2 Å². The lowest BCUT2D eigenvalue weighted by Gasteiger charge is -2.28. The van der Waals surface area contributed by atoms with Crippen LogP contribution in [0.25, 0.3) is 0 Å². The molecule has 0 aromatic carbocycles. The first-order chi connectivity index (χ1) is 28.2. The van der Waals surface area contributed by atoms with Crippen LogP contribution in [0.15, 0.2) is 60.8 Å². The minimum absolute atomic E-state index is 0.0762. The summed E-state index contributed by atoms with van der Waals surface area (Å²) in [5.41, 5.74) is 0. The van der Waals surface area contributed by atoms with E-state index in [0.717, 1.165) is 70.6 Å². The number of aliphatic hydroxyl groups excluding tert-OH is 3. The molecule has 13 heteroatoms. The Hall–Kier alpha value is -2.41. The van der Waals surface area contributed by atoms with Crippen molar-refractivity contribution >= 4 is 19.8 Å². The van der Waals surface area contributed by atoms with Gasteiger partial charge in [-0.25, -0.2) is 0 Å². The molecule has 0 saturated heterocycles. The van der Waals surface area contributed by atoms with Crippen LogP contribution in [0.4, 0.5) is 0 Å². The summed E-state index contributed by atoms with van der Waals surface area (Å²) in [6.45, 7) is 3.69. The van der Waals surface area contributed by atoms with Crippen molar-refractivity contribution in [3.63, 3.8) is 0 Å². The molecule has 59 heavy (non-hydrogen) atoms. The van der Waals surface area contributed by atoms with Crippen molar-refractivity contribution in [3.8, 4) is 0 Å². The molecule has 1 unspecified atom stereocenters. The Morgan fingerprint density at radius 2 is 1.42 bits per heavy atom. The van der Waals surface area contributed by atoms with Crippen LogP contribution in [0.1, 0.15) is 136 Å². The quantitative estimate of drug-likeness (QED) is 0.0185. The van der Waals surface area contributed by atoms with Gasteiger partial charge in [0.1, 0.15) is 19.8 Å². The molecule has 0 amide bonds. The first kappa shape index (κ1) is 54.6. The average molecular weight is 854 g/mol. The molecule has 340 valence electrons. The van der Waals surface area contributed by atoms with E-state index >= 15 is 0 Å². The van der Waals surface area contributed by atoms with Gasteiger partial charge in [0.15, 0.2) is 6.10 Å². The van der Waals surface area contributed by atoms with Crippen LogP contribution in [0.2, 0.25) is 0 Å². The Balaban J connectivity index is 2.52. The lowest BCUT2D eigenvalue weighted by atomic mass is 9.89. The van der Waals surface area contributed by atoms with Gasteiger partial charge in [0.2, 0.25) is 0 Å². The van der Waals surface area contributed by atoms with Crippen LogP contribution < -0.4 is 4.89 Å². The minimum Gasteiger partial charge on any atom is -0.756 e. The molecule has 0 bridgehead atoms. The van der Waals surface area contributed by atoms with Crippen molar-refractivity contribution in [1.82, 2.24) is 0 Å². The number of unbranched alkanes of at least 4 members (excludes halogenated alkanes) is 8. The number of carbonyl (C=O) groups is 2. The number of nitrogens with zero attached hydrogens (tertiary/aromatic N) is 1. The summed E-state index contributed by atoms with van der Waals surface area (Å²) < 4.78 is 33.8. The molecule has 1 fully saturated rings. The summed E-state index contributed by atoms with van der Waals surface area (Å²) in [4.78, 5) is 37.7. The van der Waals surface area contributed by atoms with E-state index in [0.29, 0.717) is 43.1 Å². The Kier molecular flexibility index (Phi) is 30.8. The summed E-state index contributed by atoms with van der Waals surface area (Å²) in [7, 11) is 1.01. The smallest absolute Gasteiger partial charge is 0.306 e. The predicted octanol–water partition coefficient (Wildman–Crippen LogP) is 8.21. The Morgan fingerprint density at radius 3 is 2.14 bits per heavy atom. The molecule has 0 aromatic rings. The van der Waals surface area contributed by atoms with E-state index in [1.807, 2.05) is 39.4 Å². The molecule has 0 spiro atoms. The monoisotopic (exact) mass is 854 g/mol. The number of hydrogen-bond acceptors (Lipinski definition) is 11. The van der Waals surface area contributed by atoms with Crippen LogP contribution in [-0.2, 0) is 32.7 Å². The molecule has 0 aliphatic heterocycles. The number of allylic oxidation sites excluding steroid dienone is 8. The summed E-state index contributed by atoms with van der Waals surface area (Å²) in [5.74, 6) is -1.46. The van der Waals surface area contributed by atoms with E-state index in [9.17, 15) is 34.4 Å². The largest absolute Gasteiger partial charge is 0.756 e. The Bertz CT molecular complexity index is 1310. The number of ether oxygens (including phenoxy) is 2. The lowest BCUT2D eigenvalue weighted by Crippen LogP contribution is -2.37. The van der Waals surface area contributed by atoms with Crippen molar-refractivity contribution in [1.29, 1.82) is 0 Å². The second-order valence-electron chi connectivity index (χ2n) is 16.6. The molecule has 0 heterocycles. The highest BCUT2D eigenvalue weighted by Gasteiger charge is 2.39. The molecule has 1 aliphatic rings. The number of phosphoric acid groups is 1. The van der Waals surface area contributed by atoms with Crippen LogP contribution in [-0.4, -0.2) is 104 Å². The second-order valence-corrected chi connectivity index (χ2v) is 18.1. The minimum atomic E-state index is -4.69. The molecular weight excluding hydrogens is 773 g/mol. The maximum Gasteiger partial charge on any atom is 0.306 e. The standard InChI is InChI=1S/C46H80NO11P/c1-6-8-10-11-12-13-14-15-16-17-18-19-20-21-27-31-46(52)58-40(38-57-59(53,54)56-35-34-47(3,4)5)37-55-45(51)30-26-23-22-25-29-41-42(44(50)36-43(41)49)33-32-39(48)28-24-9-7-2/h8,10,12-13,15-16,22,25,32-33,39-44,48-50H,6-7,9,11,14,17-21,23-24,26-31,34-38H2,1-5H3/b10-8-,13-12-,16-15-,25-22+,33-32+/t39-,40+,41+,42+,43-,44+/m0/s1. The number of aliphatic hydroxyl groups is 3. The number of rotatable bonds is 35. The third-order valence-corrected chi connectivity index (χ3v) is 11.1. The van der Waals surface area contributed by atoms with Gasteiger partial charge < -0.3 is 43.2 Å². The number of quaternary nitrogens is 1. The van der Waals surface area contributed by atoms with Crippen molar-refractivity contribution in [2.45, 2.75) is 160 Å². The lowest BCUT2D eigenvalue weighted by molar-refractivity contribution is -0.870. The van der Waals surface area contributed by atoms with E-state index < -0.39 is 50.8 Å². The number of carbonyl (C=O) groups excluding carboxylic acids is 2. The molecule has 1 saturated carbocycles. The van der Waals surface area contributed by atoms with Crippen LogP contribution in [0.5, 0.6) is 0 Å². The molecular formula is C46H80NO11P. The third kappa shape index (κ3) is 30.3. The first-order valence-corrected chi connectivity index (χ1v) is 23.7. The van der Waals surface area contributed by atoms with Crippen molar-refractivity contribution < 1.29 is 57.4 Å². The van der Waals surface area contributed by atoms with E-state index in [1.165, 1.54) is 0 Å². The first-order valence-electron chi connectivity index (χ1n) is 22.3. The predicted molar refractivity (Wildman–Crippen MR) is 233 cm³/mol. The van der Waals surface area contributed by atoms with Crippen molar-refractivity contribution in [3.05, 3.63) is 60.8 Å². The zero-order valence-electron chi connectivity index (χ0n) is 37.0. The summed E-state index contributed by atoms with van der Waals surface area (Å²) in [6, 6.07) is 0. The highest BCUT2D eigenvalue weighted by Crippen LogP contribution is 2.38. The second kappa shape index (κ2) is 33.2. The van der Waals surface area contributed by atoms with Gasteiger partial charge in [-0.3, -0.25) is 14.2 Å². The highest BCUT2D eigenvalue weighted by molar-refractivity contribution is 7.45. The van der Waals surface area contributed by atoms with Crippen LogP contribution in [0, 0.1) is 11.8 Å². The van der Waals surface area contributed by atoms with E-state index in [2.05, 4.69) is 50.3 Å². The van der Waals surface area contributed by atoms with E-state index in [1.54, 1.807) is 6.08 Å². The molecule has 12 nitrogen and oxygen atoms in total. The van der Waals surface area contributed by atoms with Crippen LogP contribution in [0.3, 0.4) is 0 Å². The van der Waals surface area contributed by atoms with Gasteiger partial charge in [-0.1, -0.05) is 113 Å². The summed E-state index contributed by atoms with van der Waals surface area (Å²) in [6.07, 6.45) is 32.0. The topological polar surface area (TPSA) is 172 Å². The van der Waals surface area contributed by atoms with Gasteiger partial charge in [0.05, 0.1) is 46.1 Å². The van der Waals surface area contributed by atoms with Crippen LogP contribution >= 0.6 is 7.82 Å². The number of hydrogen-bond donors (Lipinski definition) is 3. The molecule has 0 aromatic heterocycles. The van der Waals surface area contributed by atoms with E-state index in [-0.39, 0.29) is 44.3 Å². The highest BCUT2D eigenvalue weighted by atomic mass is 31.2. The zero-order valence-corrected chi connectivity index (χ0v) is 37.9. The fraction of sp³-hybridized carbons (Fsp3) is 0.739. The number of esters is 2. The molecule has 1 rings (SSSR count). The summed E-state index contributed by atoms with van der Waals surface area (Å²) in [5, 5.41) is 31.3. The maximum absolute atomic E-state index is 12.7. The Labute approximate surface area is 356 Å². The summed E-state index contributed by atoms with van der Waals surface area (Å²) >= 11 is 0. The third-order valence-electron chi connectivity index (χ3n) is 10.1. The van der Waals surface area contributed by atoms with E-state index in [4.69, 9.17) is 18.5 Å². The zero-order chi connectivity index (χ0) is 43.8. The van der Waals surface area contributed by atoms with Crippen molar-refractivity contribution in [2.24, 2.45) is 11.8 Å². The normalized spacial score (nSPS) is 21.0. The maximum atomic E-state index is 12.7. The Morgan fingerprint density at radius 1 is 0.780 bits per heavy atom. The van der Waals surface area contributed by atoms with Gasteiger partial charge in [-0.05, 0) is 70.1 Å². The fourth-order valence-electron chi connectivity index (χ4n) is 6.54. The molecule has 3 N–H and O–H groups in total. The fourth-order valence-corrected chi connectivity index (χ4v) is 7.27. The molecule has 1 aliphatic carbocycles. The number of likely N-dealkylation sites (N-methyl/N-ethyl adjacent to an activating group) is 1. The van der Waals surface area contributed by atoms with Gasteiger partial charge in [-0.15, -0.1) is 0 Å². The number of phosphoric ester groups is 1. The SMILES string of the molecule is CC/C=C\C/C=C\C/C=C\CCCCCCCC(=O)O[C@H](COC(=O)CCC/C=C/C[C@@H]1[C@@H](/C=C/[C@@H](O)CCCCC)[C@H](O)C[C@@H]1O)COP(=O)([O-])OCC[N+](C)(C)C. The van der Waals surface area contributed by atoms with Gasteiger partial charge in [-0.2, -0.15) is 0 Å². The van der Waals surface area contributed by atoms with Crippen molar-refractivity contribution in [2.75, 3.05) is 47.5 Å². The average Bonchev–Trinajstić information content (AvgIpc) is 3.44. The molecule has 0 radical (unpaired) electrons. The van der Waals surface area contributed by atoms with Gasteiger partial charge >= 0.3 is 11.9 Å². The molecule has 7 atom stereocenters. The van der Waals surface area contributed by atoms with Gasteiger partial charge in [0.25, 0.3) is 7.82 Å².